The van der Waals surface area contributed by atoms with Gasteiger partial charge >= 0.3 is 0 Å². The molecule has 0 bridgehead atoms. The van der Waals surface area contributed by atoms with E-state index in [2.05, 4.69) is 0 Å². The zero-order valence-corrected chi connectivity index (χ0v) is 5.09. The van der Waals surface area contributed by atoms with Crippen LogP contribution in [-0.4, -0.2) is 11.1 Å². The third-order valence-electron chi connectivity index (χ3n) is 0. The summed E-state index contributed by atoms with van der Waals surface area (Å²) in [6.07, 6.45) is 0. The molecule has 0 fully saturated rings. The van der Waals surface area contributed by atoms with Gasteiger partial charge in [0.2, 0.25) is 0 Å². The third kappa shape index (κ3) is 508. The molecule has 0 spiro atoms. The van der Waals surface area contributed by atoms with Crippen molar-refractivity contribution < 1.29 is 9.90 Å². The number of carbonyl (C=O) groups is 1. The maximum Gasteiger partial charge on any atom is 0.300 e. The zero-order chi connectivity index (χ0) is 3.58. The van der Waals surface area contributed by atoms with Crippen molar-refractivity contribution in [3.63, 3.8) is 0 Å². The number of rotatable bonds is 0. The van der Waals surface area contributed by atoms with Crippen LogP contribution in [0.25, 0.3) is 0 Å². The van der Waals surface area contributed by atoms with Crippen LogP contribution in [-0.2, 0) is 4.79 Å². The normalized spacial score (nSPS) is 5.00. The monoisotopic (exact) mass is 190 g/mol. The Labute approximate surface area is 47.2 Å². The quantitative estimate of drug-likeness (QED) is 0.571. The molecule has 0 aliphatic heterocycles. The summed E-state index contributed by atoms with van der Waals surface area (Å²) in [6, 6.07) is 0. The van der Waals surface area contributed by atoms with E-state index in [0.717, 1.165) is 6.92 Å². The molecule has 0 heterocycles. The molecular formula is C2H5IO2. The number of carboxylic acid groups (broad SMARTS) is 1. The van der Waals surface area contributed by atoms with E-state index in [4.69, 9.17) is 9.90 Å². The van der Waals surface area contributed by atoms with Crippen molar-refractivity contribution in [1.29, 1.82) is 0 Å². The molecule has 0 saturated carbocycles. The van der Waals surface area contributed by atoms with Gasteiger partial charge in [0.25, 0.3) is 5.97 Å². The van der Waals surface area contributed by atoms with E-state index in [1.54, 1.807) is 0 Å². The highest BCUT2D eigenvalue weighted by molar-refractivity contribution is 14.0. The number of carboxylic acids is 1. The Morgan fingerprint density at radius 3 is 1.80 bits per heavy atom. The predicted octanol–water partition coefficient (Wildman–Crippen LogP) is 0.709. The number of halogens is 1. The van der Waals surface area contributed by atoms with E-state index < -0.39 is 5.97 Å². The summed E-state index contributed by atoms with van der Waals surface area (Å²) in [5.41, 5.74) is 0. The summed E-state index contributed by atoms with van der Waals surface area (Å²) < 4.78 is 0. The SMILES string of the molecule is C[14C](=O)O.I. The van der Waals surface area contributed by atoms with Gasteiger partial charge in [-0.25, -0.2) is 0 Å². The van der Waals surface area contributed by atoms with Crippen molar-refractivity contribution >= 4 is 29.9 Å². The largest absolute Gasteiger partial charge is 0.481 e. The van der Waals surface area contributed by atoms with Crippen molar-refractivity contribution in [2.24, 2.45) is 0 Å². The molecule has 0 aromatic rings. The third-order valence-corrected chi connectivity index (χ3v) is 0. The van der Waals surface area contributed by atoms with Gasteiger partial charge in [0, 0.05) is 6.92 Å². The Bertz CT molecular complexity index is 30.6. The summed E-state index contributed by atoms with van der Waals surface area (Å²) in [5.74, 6) is -0.833. The number of hydrogen-bond acceptors (Lipinski definition) is 1. The average molecular weight is 190 g/mol. The molecule has 0 aliphatic rings. The maximum atomic E-state index is 9.00. The minimum atomic E-state index is -0.833. The van der Waals surface area contributed by atoms with E-state index >= 15 is 0 Å². The molecule has 0 rings (SSSR count). The van der Waals surface area contributed by atoms with E-state index in [0.29, 0.717) is 0 Å². The van der Waals surface area contributed by atoms with Gasteiger partial charge in [0.05, 0.1) is 0 Å². The van der Waals surface area contributed by atoms with Crippen LogP contribution < -0.4 is 0 Å². The first kappa shape index (κ1) is 8.96. The highest BCUT2D eigenvalue weighted by Gasteiger charge is 1.65. The van der Waals surface area contributed by atoms with Gasteiger partial charge in [-0.2, -0.15) is 0 Å². The first-order valence-corrected chi connectivity index (χ1v) is 0.928. The summed E-state index contributed by atoms with van der Waals surface area (Å²) in [7, 11) is 0. The minimum absolute atomic E-state index is 0. The minimum Gasteiger partial charge on any atom is -0.481 e. The van der Waals surface area contributed by atoms with Crippen molar-refractivity contribution in [2.75, 3.05) is 0 Å². The molecule has 0 unspecified atom stereocenters. The Balaban J connectivity index is 0. The van der Waals surface area contributed by atoms with Crippen molar-refractivity contribution in [1.82, 2.24) is 0 Å². The van der Waals surface area contributed by atoms with Gasteiger partial charge < -0.3 is 5.11 Å². The molecule has 1 N–H and O–H groups in total. The molecule has 3 heteroatoms. The first-order valence-electron chi connectivity index (χ1n) is 0.928. The van der Waals surface area contributed by atoms with Gasteiger partial charge in [-0.15, -0.1) is 24.0 Å². The molecule has 0 saturated heterocycles. The van der Waals surface area contributed by atoms with Crippen molar-refractivity contribution in [3.8, 4) is 0 Å². The average Bonchev–Trinajstić information content (AvgIpc) is 0.811. The molecule has 32 valence electrons. The lowest BCUT2D eigenvalue weighted by Gasteiger charge is -1.59. The van der Waals surface area contributed by atoms with Crippen molar-refractivity contribution in [2.45, 2.75) is 6.92 Å². The first-order chi connectivity index (χ1) is 1.73. The lowest BCUT2D eigenvalue weighted by Crippen LogP contribution is -1.78. The Kier molecular flexibility index (Phi) is 7.52. The highest BCUT2D eigenvalue weighted by atomic mass is 127. The molecular weight excluding hydrogens is 185 g/mol. The lowest BCUT2D eigenvalue weighted by atomic mass is 11.5. The molecule has 0 aromatic carbocycles. The van der Waals surface area contributed by atoms with Crippen LogP contribution in [0.1, 0.15) is 6.92 Å². The molecule has 0 amide bonds. The second-order valence-corrected chi connectivity index (χ2v) is 0.519. The maximum absolute atomic E-state index is 9.00. The smallest absolute Gasteiger partial charge is 0.300 e. The highest BCUT2D eigenvalue weighted by Crippen LogP contribution is 1.42. The molecule has 0 radical (unpaired) electrons. The van der Waals surface area contributed by atoms with Gasteiger partial charge in [-0.1, -0.05) is 0 Å². The van der Waals surface area contributed by atoms with Crippen LogP contribution >= 0.6 is 24.0 Å². The second kappa shape index (κ2) is 4.20. The predicted molar refractivity (Wildman–Crippen MR) is 28.7 cm³/mol. The fraction of sp³-hybridized carbons (Fsp3) is 0.500. The van der Waals surface area contributed by atoms with E-state index in [-0.39, 0.29) is 24.0 Å². The number of hydrogen-bond donors (Lipinski definition) is 1. The second-order valence-electron chi connectivity index (χ2n) is 0.519. The summed E-state index contributed by atoms with van der Waals surface area (Å²) >= 11 is 0. The molecule has 0 atom stereocenters. The van der Waals surface area contributed by atoms with Crippen LogP contribution in [0.5, 0.6) is 0 Å². The fourth-order valence-electron chi connectivity index (χ4n) is 0. The van der Waals surface area contributed by atoms with Crippen LogP contribution in [0, 0.1) is 0 Å². The van der Waals surface area contributed by atoms with Gasteiger partial charge in [0.1, 0.15) is 0 Å². The van der Waals surface area contributed by atoms with E-state index in [1.807, 2.05) is 0 Å². The molecule has 0 aliphatic carbocycles. The van der Waals surface area contributed by atoms with Gasteiger partial charge in [-0.3, -0.25) is 4.79 Å². The summed E-state index contributed by atoms with van der Waals surface area (Å²) in [6.45, 7) is 1.08. The Morgan fingerprint density at radius 1 is 1.80 bits per heavy atom. The van der Waals surface area contributed by atoms with Crippen LogP contribution in [0.15, 0.2) is 0 Å². The van der Waals surface area contributed by atoms with E-state index in [1.165, 1.54) is 0 Å². The summed E-state index contributed by atoms with van der Waals surface area (Å²) in [5, 5.41) is 7.42. The fourth-order valence-corrected chi connectivity index (χ4v) is 0. The number of aliphatic carboxylic acids is 1. The topological polar surface area (TPSA) is 37.3 Å². The summed E-state index contributed by atoms with van der Waals surface area (Å²) in [4.78, 5) is 9.00. The van der Waals surface area contributed by atoms with Gasteiger partial charge in [0.15, 0.2) is 0 Å². The van der Waals surface area contributed by atoms with Gasteiger partial charge in [-0.05, 0) is 0 Å². The van der Waals surface area contributed by atoms with Crippen LogP contribution in [0.2, 0.25) is 0 Å². The van der Waals surface area contributed by atoms with Crippen LogP contribution in [0.3, 0.4) is 0 Å². The lowest BCUT2D eigenvalue weighted by molar-refractivity contribution is -0.134. The zero-order valence-electron chi connectivity index (χ0n) is 2.76. The Hall–Kier alpha value is 0.200. The standard InChI is InChI=1S/C2H4O2.HI/c1-2(3)4;/h1H3,(H,3,4);1H/i2+2;. The molecule has 5 heavy (non-hydrogen) atoms. The van der Waals surface area contributed by atoms with Crippen molar-refractivity contribution in [3.05, 3.63) is 0 Å². The van der Waals surface area contributed by atoms with Crippen LogP contribution in [0.4, 0.5) is 0 Å². The molecule has 2 nitrogen and oxygen atoms in total. The Morgan fingerprint density at radius 2 is 1.80 bits per heavy atom. The van der Waals surface area contributed by atoms with E-state index in [9.17, 15) is 0 Å². The molecule has 0 aromatic heterocycles.